The molecule has 132 valence electrons. The van der Waals surface area contributed by atoms with Crippen molar-refractivity contribution in [2.45, 2.75) is 26.2 Å². The third kappa shape index (κ3) is 5.76. The molecule has 1 saturated heterocycles. The first-order valence-electron chi connectivity index (χ1n) is 8.69. The number of nitrogens with zero attached hydrogens (tertiary/aromatic N) is 2. The number of hydrogen-bond acceptors (Lipinski definition) is 3. The summed E-state index contributed by atoms with van der Waals surface area (Å²) in [6, 6.07) is 9.58. The van der Waals surface area contributed by atoms with E-state index in [2.05, 4.69) is 5.32 Å². The van der Waals surface area contributed by atoms with E-state index in [4.69, 9.17) is 4.74 Å². The molecule has 2 rings (SSSR count). The zero-order valence-electron chi connectivity index (χ0n) is 14.4. The molecule has 0 saturated carbocycles. The van der Waals surface area contributed by atoms with Crippen molar-refractivity contribution in [2.75, 3.05) is 39.3 Å². The maximum absolute atomic E-state index is 12.2. The summed E-state index contributed by atoms with van der Waals surface area (Å²) in [4.78, 5) is 27.7. The van der Waals surface area contributed by atoms with E-state index in [1.807, 2.05) is 42.2 Å². The number of para-hydroxylation sites is 1. The highest BCUT2D eigenvalue weighted by atomic mass is 16.5. The maximum Gasteiger partial charge on any atom is 0.317 e. The summed E-state index contributed by atoms with van der Waals surface area (Å²) in [7, 11) is 0. The van der Waals surface area contributed by atoms with Crippen molar-refractivity contribution in [3.63, 3.8) is 0 Å². The SMILES string of the molecule is CCCNC(=O)N1CCN(C(=O)CCCOc2ccccc2)CC1. The van der Waals surface area contributed by atoms with Crippen LogP contribution >= 0.6 is 0 Å². The lowest BCUT2D eigenvalue weighted by Crippen LogP contribution is -2.53. The number of piperazine rings is 1. The third-order valence-electron chi connectivity index (χ3n) is 3.99. The Hall–Kier alpha value is -2.24. The van der Waals surface area contributed by atoms with Crippen molar-refractivity contribution in [1.82, 2.24) is 15.1 Å². The van der Waals surface area contributed by atoms with Gasteiger partial charge in [0.25, 0.3) is 0 Å². The highest BCUT2D eigenvalue weighted by Gasteiger charge is 2.23. The first kappa shape index (κ1) is 18.1. The van der Waals surface area contributed by atoms with E-state index in [1.165, 1.54) is 0 Å². The molecule has 1 aliphatic rings. The van der Waals surface area contributed by atoms with Crippen molar-refractivity contribution in [1.29, 1.82) is 0 Å². The molecule has 3 amide bonds. The largest absolute Gasteiger partial charge is 0.494 e. The van der Waals surface area contributed by atoms with Gasteiger partial charge < -0.3 is 19.9 Å². The monoisotopic (exact) mass is 333 g/mol. The van der Waals surface area contributed by atoms with Crippen LogP contribution in [-0.2, 0) is 4.79 Å². The fraction of sp³-hybridized carbons (Fsp3) is 0.556. The number of amides is 3. The molecule has 6 heteroatoms. The Kier molecular flexibility index (Phi) is 7.39. The maximum atomic E-state index is 12.2. The van der Waals surface area contributed by atoms with Crippen LogP contribution in [0.15, 0.2) is 30.3 Å². The predicted molar refractivity (Wildman–Crippen MR) is 93.0 cm³/mol. The highest BCUT2D eigenvalue weighted by molar-refractivity contribution is 5.77. The summed E-state index contributed by atoms with van der Waals surface area (Å²) in [5.74, 6) is 0.969. The van der Waals surface area contributed by atoms with Crippen molar-refractivity contribution >= 4 is 11.9 Å². The van der Waals surface area contributed by atoms with Crippen LogP contribution in [0.2, 0.25) is 0 Å². The van der Waals surface area contributed by atoms with Crippen molar-refractivity contribution in [3.8, 4) is 5.75 Å². The lowest BCUT2D eigenvalue weighted by Gasteiger charge is -2.34. The van der Waals surface area contributed by atoms with Gasteiger partial charge in [-0.3, -0.25) is 4.79 Å². The van der Waals surface area contributed by atoms with E-state index >= 15 is 0 Å². The summed E-state index contributed by atoms with van der Waals surface area (Å²) < 4.78 is 5.60. The van der Waals surface area contributed by atoms with Gasteiger partial charge in [-0.05, 0) is 25.0 Å². The van der Waals surface area contributed by atoms with Crippen LogP contribution in [0.25, 0.3) is 0 Å². The number of rotatable bonds is 7. The zero-order chi connectivity index (χ0) is 17.2. The van der Waals surface area contributed by atoms with Crippen molar-refractivity contribution in [3.05, 3.63) is 30.3 Å². The van der Waals surface area contributed by atoms with Gasteiger partial charge in [-0.15, -0.1) is 0 Å². The topological polar surface area (TPSA) is 61.9 Å². The Morgan fingerprint density at radius 3 is 2.42 bits per heavy atom. The molecule has 1 N–H and O–H groups in total. The van der Waals surface area contributed by atoms with Crippen LogP contribution in [0.1, 0.15) is 26.2 Å². The number of hydrogen-bond donors (Lipinski definition) is 1. The molecule has 0 unspecified atom stereocenters. The van der Waals surface area contributed by atoms with E-state index in [-0.39, 0.29) is 11.9 Å². The second-order valence-corrected chi connectivity index (χ2v) is 5.86. The van der Waals surface area contributed by atoms with Gasteiger partial charge in [0.05, 0.1) is 6.61 Å². The van der Waals surface area contributed by atoms with Crippen molar-refractivity contribution < 1.29 is 14.3 Å². The fourth-order valence-corrected chi connectivity index (χ4v) is 2.59. The standard InChI is InChI=1S/C18H27N3O3/c1-2-10-19-18(23)21-13-11-20(12-14-21)17(22)9-6-15-24-16-7-4-3-5-8-16/h3-5,7-8H,2,6,9-15H2,1H3,(H,19,23). The van der Waals surface area contributed by atoms with Crippen LogP contribution in [0.4, 0.5) is 4.79 Å². The van der Waals surface area contributed by atoms with Crippen LogP contribution in [-0.4, -0.2) is 61.1 Å². The Morgan fingerprint density at radius 1 is 1.08 bits per heavy atom. The normalized spacial score (nSPS) is 14.4. The molecule has 0 radical (unpaired) electrons. The zero-order valence-corrected chi connectivity index (χ0v) is 14.4. The molecular formula is C18H27N3O3. The van der Waals surface area contributed by atoms with Gasteiger partial charge in [-0.25, -0.2) is 4.79 Å². The van der Waals surface area contributed by atoms with E-state index in [0.717, 1.165) is 12.2 Å². The van der Waals surface area contributed by atoms with Crippen LogP contribution in [0.3, 0.4) is 0 Å². The fourth-order valence-electron chi connectivity index (χ4n) is 2.59. The molecule has 6 nitrogen and oxygen atoms in total. The first-order chi connectivity index (χ1) is 11.7. The lowest BCUT2D eigenvalue weighted by atomic mass is 10.2. The van der Waals surface area contributed by atoms with Gasteiger partial charge in [0.2, 0.25) is 5.91 Å². The van der Waals surface area contributed by atoms with E-state index in [9.17, 15) is 9.59 Å². The molecule has 0 bridgehead atoms. The van der Waals surface area contributed by atoms with Gasteiger partial charge in [-0.1, -0.05) is 25.1 Å². The molecule has 1 fully saturated rings. The summed E-state index contributed by atoms with van der Waals surface area (Å²) in [5.41, 5.74) is 0. The number of nitrogens with one attached hydrogen (secondary N) is 1. The lowest BCUT2D eigenvalue weighted by molar-refractivity contribution is -0.132. The minimum Gasteiger partial charge on any atom is -0.494 e. The summed E-state index contributed by atoms with van der Waals surface area (Å²) in [5, 5.41) is 2.87. The predicted octanol–water partition coefficient (Wildman–Crippen LogP) is 2.11. The Balaban J connectivity index is 1.61. The molecule has 1 aliphatic heterocycles. The second-order valence-electron chi connectivity index (χ2n) is 5.86. The molecule has 24 heavy (non-hydrogen) atoms. The Bertz CT molecular complexity index is 514. The second kappa shape index (κ2) is 9.80. The number of ether oxygens (including phenoxy) is 1. The average molecular weight is 333 g/mol. The van der Waals surface area contributed by atoms with Crippen LogP contribution in [0, 0.1) is 0 Å². The molecule has 0 aromatic heterocycles. The molecule has 1 heterocycles. The quantitative estimate of drug-likeness (QED) is 0.778. The molecule has 0 atom stereocenters. The Morgan fingerprint density at radius 2 is 1.75 bits per heavy atom. The molecular weight excluding hydrogens is 306 g/mol. The number of benzene rings is 1. The number of carbonyl (C=O) groups is 2. The first-order valence-corrected chi connectivity index (χ1v) is 8.69. The highest BCUT2D eigenvalue weighted by Crippen LogP contribution is 2.10. The minimum atomic E-state index is -0.0276. The summed E-state index contributed by atoms with van der Waals surface area (Å²) in [6.45, 7) is 5.67. The van der Waals surface area contributed by atoms with E-state index < -0.39 is 0 Å². The number of carbonyl (C=O) groups excluding carboxylic acids is 2. The smallest absolute Gasteiger partial charge is 0.317 e. The number of urea groups is 1. The van der Waals surface area contributed by atoms with Gasteiger partial charge in [0, 0.05) is 39.1 Å². The average Bonchev–Trinajstić information content (AvgIpc) is 2.64. The van der Waals surface area contributed by atoms with E-state index in [0.29, 0.717) is 52.2 Å². The van der Waals surface area contributed by atoms with Gasteiger partial charge in [-0.2, -0.15) is 0 Å². The van der Waals surface area contributed by atoms with E-state index in [1.54, 1.807) is 4.90 Å². The molecule has 0 spiro atoms. The van der Waals surface area contributed by atoms with Crippen molar-refractivity contribution in [2.24, 2.45) is 0 Å². The molecule has 1 aromatic carbocycles. The van der Waals surface area contributed by atoms with Gasteiger partial charge >= 0.3 is 6.03 Å². The molecule has 1 aromatic rings. The third-order valence-corrected chi connectivity index (χ3v) is 3.99. The summed E-state index contributed by atoms with van der Waals surface area (Å²) >= 11 is 0. The van der Waals surface area contributed by atoms with Gasteiger partial charge in [0.1, 0.15) is 5.75 Å². The Labute approximate surface area is 143 Å². The van der Waals surface area contributed by atoms with Gasteiger partial charge in [0.15, 0.2) is 0 Å². The minimum absolute atomic E-state index is 0.0276. The van der Waals surface area contributed by atoms with Crippen LogP contribution in [0.5, 0.6) is 5.75 Å². The summed E-state index contributed by atoms with van der Waals surface area (Å²) in [6.07, 6.45) is 2.11. The van der Waals surface area contributed by atoms with Crippen LogP contribution < -0.4 is 10.1 Å². The molecule has 0 aliphatic carbocycles.